The smallest absolute Gasteiger partial charge is 0.289 e. The minimum atomic E-state index is -0.196. The average Bonchev–Trinajstić information content (AvgIpc) is 3.23. The topological polar surface area (TPSA) is 60.5 Å². The van der Waals surface area contributed by atoms with Gasteiger partial charge in [0.25, 0.3) is 5.91 Å². The summed E-state index contributed by atoms with van der Waals surface area (Å²) in [5.74, 6) is 1.25. The molecule has 0 N–H and O–H groups in total. The zero-order valence-corrected chi connectivity index (χ0v) is 16.6. The van der Waals surface area contributed by atoms with Crippen LogP contribution in [0.1, 0.15) is 33.1 Å². The minimum Gasteiger partial charge on any atom is -0.484 e. The maximum atomic E-state index is 12.6. The molecule has 2 heterocycles. The van der Waals surface area contributed by atoms with Crippen molar-refractivity contribution in [2.45, 2.75) is 27.0 Å². The van der Waals surface area contributed by atoms with E-state index in [2.05, 4.69) is 5.10 Å². The molecule has 7 heteroatoms. The van der Waals surface area contributed by atoms with Gasteiger partial charge in [0.1, 0.15) is 18.1 Å². The fourth-order valence-corrected chi connectivity index (χ4v) is 3.00. The molecule has 0 spiro atoms. The SMILES string of the molecule is Cc1cccc(Cl)c1OCc1ccc(C(=O)N(C)Cc2cnn(C)c2C)o1. The molecule has 0 aliphatic carbocycles. The van der Waals surface area contributed by atoms with Crippen LogP contribution in [0.4, 0.5) is 0 Å². The van der Waals surface area contributed by atoms with Crippen molar-refractivity contribution >= 4 is 17.5 Å². The number of aryl methyl sites for hydroxylation is 2. The Hall–Kier alpha value is -2.73. The Morgan fingerprint density at radius 2 is 2.07 bits per heavy atom. The van der Waals surface area contributed by atoms with Crippen LogP contribution < -0.4 is 4.74 Å². The minimum absolute atomic E-state index is 0.196. The largest absolute Gasteiger partial charge is 0.484 e. The Morgan fingerprint density at radius 1 is 1.30 bits per heavy atom. The molecule has 0 aliphatic rings. The van der Waals surface area contributed by atoms with E-state index in [0.29, 0.717) is 23.1 Å². The van der Waals surface area contributed by atoms with Crippen LogP contribution >= 0.6 is 11.6 Å². The molecule has 142 valence electrons. The third-order valence-electron chi connectivity index (χ3n) is 4.49. The van der Waals surface area contributed by atoms with Gasteiger partial charge in [-0.25, -0.2) is 0 Å². The predicted octanol–water partition coefficient (Wildman–Crippen LogP) is 4.13. The third-order valence-corrected chi connectivity index (χ3v) is 4.78. The van der Waals surface area contributed by atoms with Gasteiger partial charge in [-0.1, -0.05) is 23.7 Å². The molecular formula is C20H22ClN3O3. The number of rotatable bonds is 6. The first-order chi connectivity index (χ1) is 12.9. The Kier molecular flexibility index (Phi) is 5.56. The Morgan fingerprint density at radius 3 is 2.74 bits per heavy atom. The van der Waals surface area contributed by atoms with E-state index in [1.807, 2.05) is 33.0 Å². The van der Waals surface area contributed by atoms with Crippen LogP contribution in [0.2, 0.25) is 5.02 Å². The van der Waals surface area contributed by atoms with Gasteiger partial charge < -0.3 is 14.1 Å². The van der Waals surface area contributed by atoms with Gasteiger partial charge in [-0.05, 0) is 37.6 Å². The van der Waals surface area contributed by atoms with Crippen molar-refractivity contribution in [2.75, 3.05) is 7.05 Å². The molecule has 6 nitrogen and oxygen atoms in total. The lowest BCUT2D eigenvalue weighted by Gasteiger charge is -2.15. The number of ether oxygens (including phenoxy) is 1. The number of amides is 1. The first-order valence-corrected chi connectivity index (χ1v) is 8.94. The van der Waals surface area contributed by atoms with E-state index in [-0.39, 0.29) is 18.3 Å². The van der Waals surface area contributed by atoms with Gasteiger partial charge in [0, 0.05) is 31.9 Å². The molecule has 0 unspecified atom stereocenters. The zero-order valence-electron chi connectivity index (χ0n) is 15.8. The van der Waals surface area contributed by atoms with E-state index in [0.717, 1.165) is 16.8 Å². The van der Waals surface area contributed by atoms with Crippen molar-refractivity contribution < 1.29 is 13.9 Å². The van der Waals surface area contributed by atoms with E-state index in [4.69, 9.17) is 20.8 Å². The number of carbonyl (C=O) groups excluding carboxylic acids is 1. The first kappa shape index (κ1) is 19.0. The van der Waals surface area contributed by atoms with Crippen LogP contribution in [0, 0.1) is 13.8 Å². The lowest BCUT2D eigenvalue weighted by atomic mass is 10.2. The molecule has 1 amide bonds. The molecule has 3 rings (SSSR count). The summed E-state index contributed by atoms with van der Waals surface area (Å²) in [6.45, 7) is 4.56. The average molecular weight is 388 g/mol. The number of benzene rings is 1. The first-order valence-electron chi connectivity index (χ1n) is 8.56. The summed E-state index contributed by atoms with van der Waals surface area (Å²) in [4.78, 5) is 14.2. The van der Waals surface area contributed by atoms with E-state index in [9.17, 15) is 4.79 Å². The van der Waals surface area contributed by atoms with Gasteiger partial charge in [-0.15, -0.1) is 0 Å². The second-order valence-electron chi connectivity index (χ2n) is 6.48. The molecule has 0 bridgehead atoms. The molecule has 0 saturated carbocycles. The molecule has 1 aromatic carbocycles. The molecule has 0 saturated heterocycles. The van der Waals surface area contributed by atoms with Crippen molar-refractivity contribution in [1.82, 2.24) is 14.7 Å². The molecule has 3 aromatic rings. The molecule has 0 fully saturated rings. The predicted molar refractivity (Wildman–Crippen MR) is 103 cm³/mol. The maximum absolute atomic E-state index is 12.6. The highest BCUT2D eigenvalue weighted by Gasteiger charge is 2.18. The number of para-hydroxylation sites is 1. The number of hydrogen-bond donors (Lipinski definition) is 0. The van der Waals surface area contributed by atoms with E-state index in [1.165, 1.54) is 0 Å². The van der Waals surface area contributed by atoms with Crippen LogP contribution in [0.3, 0.4) is 0 Å². The molecule has 2 aromatic heterocycles. The van der Waals surface area contributed by atoms with Crippen LogP contribution in [-0.2, 0) is 20.2 Å². The van der Waals surface area contributed by atoms with Gasteiger partial charge in [-0.2, -0.15) is 5.10 Å². The number of nitrogens with zero attached hydrogens (tertiary/aromatic N) is 3. The van der Waals surface area contributed by atoms with Gasteiger partial charge >= 0.3 is 0 Å². The van der Waals surface area contributed by atoms with Crippen molar-refractivity contribution in [1.29, 1.82) is 0 Å². The monoisotopic (exact) mass is 387 g/mol. The summed E-state index contributed by atoms with van der Waals surface area (Å²) in [7, 11) is 3.61. The van der Waals surface area contributed by atoms with Crippen molar-refractivity contribution in [3.63, 3.8) is 0 Å². The lowest BCUT2D eigenvalue weighted by Crippen LogP contribution is -2.26. The Bertz CT molecular complexity index is 941. The zero-order chi connectivity index (χ0) is 19.6. The Balaban J connectivity index is 1.64. The summed E-state index contributed by atoms with van der Waals surface area (Å²) in [5.41, 5.74) is 2.97. The van der Waals surface area contributed by atoms with Crippen molar-refractivity contribution in [3.8, 4) is 5.75 Å². The summed E-state index contributed by atoms with van der Waals surface area (Å²) < 4.78 is 13.2. The van der Waals surface area contributed by atoms with Crippen molar-refractivity contribution in [2.24, 2.45) is 7.05 Å². The van der Waals surface area contributed by atoms with Gasteiger partial charge in [0.05, 0.1) is 11.2 Å². The number of hydrogen-bond acceptors (Lipinski definition) is 4. The van der Waals surface area contributed by atoms with Crippen LogP contribution in [-0.4, -0.2) is 27.6 Å². The number of furan rings is 1. The summed E-state index contributed by atoms with van der Waals surface area (Å²) >= 11 is 6.16. The summed E-state index contributed by atoms with van der Waals surface area (Å²) in [6.07, 6.45) is 1.77. The molecule has 0 atom stereocenters. The second-order valence-corrected chi connectivity index (χ2v) is 6.89. The summed E-state index contributed by atoms with van der Waals surface area (Å²) in [5, 5.41) is 4.75. The standard InChI is InChI=1S/C20H22ClN3O3/c1-13-6-5-7-17(21)19(13)26-12-16-8-9-18(27-16)20(25)23(3)11-15-10-22-24(4)14(15)2/h5-10H,11-12H2,1-4H3. The highest BCUT2D eigenvalue weighted by atomic mass is 35.5. The quantitative estimate of drug-likeness (QED) is 0.638. The number of carbonyl (C=O) groups is 1. The van der Waals surface area contributed by atoms with Crippen LogP contribution in [0.25, 0.3) is 0 Å². The number of aromatic nitrogens is 2. The molecule has 27 heavy (non-hydrogen) atoms. The van der Waals surface area contributed by atoms with Crippen LogP contribution in [0.15, 0.2) is 40.9 Å². The molecule has 0 radical (unpaired) electrons. The van der Waals surface area contributed by atoms with Gasteiger partial charge in [0.2, 0.25) is 0 Å². The van der Waals surface area contributed by atoms with Gasteiger partial charge in [0.15, 0.2) is 5.76 Å². The molecule has 0 aliphatic heterocycles. The second kappa shape index (κ2) is 7.88. The maximum Gasteiger partial charge on any atom is 0.289 e. The van der Waals surface area contributed by atoms with Gasteiger partial charge in [-0.3, -0.25) is 9.48 Å². The highest BCUT2D eigenvalue weighted by Crippen LogP contribution is 2.28. The lowest BCUT2D eigenvalue weighted by molar-refractivity contribution is 0.0749. The fraction of sp³-hybridized carbons (Fsp3) is 0.300. The molecular weight excluding hydrogens is 366 g/mol. The normalized spacial score (nSPS) is 10.9. The Labute approximate surface area is 163 Å². The van der Waals surface area contributed by atoms with Crippen LogP contribution in [0.5, 0.6) is 5.75 Å². The van der Waals surface area contributed by atoms with E-state index < -0.39 is 0 Å². The summed E-state index contributed by atoms with van der Waals surface area (Å²) in [6, 6.07) is 8.97. The number of halogens is 1. The highest BCUT2D eigenvalue weighted by molar-refractivity contribution is 6.32. The fourth-order valence-electron chi connectivity index (χ4n) is 2.73. The van der Waals surface area contributed by atoms with E-state index >= 15 is 0 Å². The van der Waals surface area contributed by atoms with E-state index in [1.54, 1.807) is 41.0 Å². The third kappa shape index (κ3) is 4.17. The van der Waals surface area contributed by atoms with Crippen molar-refractivity contribution in [3.05, 3.63) is 69.9 Å².